The minimum absolute atomic E-state index is 0.0123. The molecule has 0 radical (unpaired) electrons. The van der Waals surface area contributed by atoms with Crippen molar-refractivity contribution in [2.24, 2.45) is 5.92 Å². The normalized spacial score (nSPS) is 19.9. The van der Waals surface area contributed by atoms with E-state index in [1.807, 2.05) is 0 Å². The first kappa shape index (κ1) is 21.4. The van der Waals surface area contributed by atoms with Crippen LogP contribution in [-0.4, -0.2) is 29.6 Å². The highest BCUT2D eigenvalue weighted by molar-refractivity contribution is 7.96. The summed E-state index contributed by atoms with van der Waals surface area (Å²) in [5.41, 5.74) is 0.0123. The third kappa shape index (κ3) is 3.90. The minimum atomic E-state index is -2.14. The molecule has 1 amide bonds. The molecule has 0 spiro atoms. The lowest BCUT2D eigenvalue weighted by molar-refractivity contribution is -0.128. The molecular weight excluding hydrogens is 409 g/mol. The van der Waals surface area contributed by atoms with Crippen LogP contribution in [0.25, 0.3) is 0 Å². The van der Waals surface area contributed by atoms with Gasteiger partial charge < -0.3 is 4.90 Å². The maximum Gasteiger partial charge on any atom is 0.264 e. The molecule has 0 bridgehead atoms. The largest absolute Gasteiger partial charge is 0.339 e. The Kier molecular flexibility index (Phi) is 6.42. The van der Waals surface area contributed by atoms with Crippen molar-refractivity contribution in [2.45, 2.75) is 44.2 Å². The fraction of sp³-hybridized carbons (Fsp3) is 0.345. The third-order valence-electron chi connectivity index (χ3n) is 7.43. The number of carbonyl (C=O) groups is 1. The topological polar surface area (TPSA) is 20.3 Å². The third-order valence-corrected chi connectivity index (χ3v) is 12.2. The molecule has 1 unspecified atom stereocenters. The van der Waals surface area contributed by atoms with Crippen LogP contribution in [0.15, 0.2) is 91.0 Å². The molecule has 5 rings (SSSR count). The number of hydrogen-bond acceptors (Lipinski definition) is 1. The molecular formula is C29H33NOP+. The highest BCUT2D eigenvalue weighted by Gasteiger charge is 2.58. The van der Waals surface area contributed by atoms with E-state index in [1.54, 1.807) is 0 Å². The summed E-state index contributed by atoms with van der Waals surface area (Å²) in [6, 6.07) is 32.6. The number of benzene rings is 3. The fourth-order valence-corrected chi connectivity index (χ4v) is 10.8. The molecule has 3 aromatic rings. The van der Waals surface area contributed by atoms with Crippen molar-refractivity contribution >= 4 is 29.1 Å². The van der Waals surface area contributed by atoms with Crippen LogP contribution >= 0.6 is 7.26 Å². The van der Waals surface area contributed by atoms with Crippen LogP contribution in [0, 0.1) is 5.92 Å². The summed E-state index contributed by atoms with van der Waals surface area (Å²) in [5, 5.41) is 3.95. The van der Waals surface area contributed by atoms with Gasteiger partial charge in [0.05, 0.1) is 0 Å². The summed E-state index contributed by atoms with van der Waals surface area (Å²) in [4.78, 5) is 16.3. The Hall–Kier alpha value is -2.44. The average Bonchev–Trinajstić information content (AvgIpc) is 3.22. The molecule has 3 aromatic carbocycles. The van der Waals surface area contributed by atoms with Gasteiger partial charge in [-0.1, -0.05) is 73.9 Å². The summed E-state index contributed by atoms with van der Waals surface area (Å²) in [7, 11) is -2.14. The van der Waals surface area contributed by atoms with Gasteiger partial charge in [-0.2, -0.15) is 0 Å². The van der Waals surface area contributed by atoms with Crippen LogP contribution in [0.2, 0.25) is 0 Å². The zero-order valence-corrected chi connectivity index (χ0v) is 19.7. The van der Waals surface area contributed by atoms with Crippen LogP contribution in [0.1, 0.15) is 38.5 Å². The summed E-state index contributed by atoms with van der Waals surface area (Å²) in [5.74, 6) is 1.06. The maximum absolute atomic E-state index is 14.1. The van der Waals surface area contributed by atoms with Crippen LogP contribution in [-0.2, 0) is 4.79 Å². The van der Waals surface area contributed by atoms with Crippen molar-refractivity contribution in [2.75, 3.05) is 13.1 Å². The van der Waals surface area contributed by atoms with Crippen LogP contribution < -0.4 is 15.9 Å². The zero-order valence-electron chi connectivity index (χ0n) is 18.8. The molecule has 1 saturated heterocycles. The molecule has 32 heavy (non-hydrogen) atoms. The van der Waals surface area contributed by atoms with E-state index in [0.717, 1.165) is 19.5 Å². The van der Waals surface area contributed by atoms with E-state index in [-0.39, 0.29) is 5.66 Å². The smallest absolute Gasteiger partial charge is 0.264 e. The highest BCUT2D eigenvalue weighted by atomic mass is 31.2. The Morgan fingerprint density at radius 3 is 1.59 bits per heavy atom. The summed E-state index contributed by atoms with van der Waals surface area (Å²) in [6.45, 7) is 1.85. The van der Waals surface area contributed by atoms with Crippen molar-refractivity contribution in [3.05, 3.63) is 91.0 Å². The van der Waals surface area contributed by atoms with E-state index in [1.165, 1.54) is 48.0 Å². The van der Waals surface area contributed by atoms with E-state index >= 15 is 0 Å². The summed E-state index contributed by atoms with van der Waals surface area (Å²) in [6.07, 6.45) is 7.52. The summed E-state index contributed by atoms with van der Waals surface area (Å²) < 4.78 is 0. The van der Waals surface area contributed by atoms with Crippen molar-refractivity contribution in [3.63, 3.8) is 0 Å². The lowest BCUT2D eigenvalue weighted by atomic mass is 9.89. The molecule has 0 aromatic heterocycles. The first-order chi connectivity index (χ1) is 15.8. The predicted octanol–water partition coefficient (Wildman–Crippen LogP) is 5.16. The Labute approximate surface area is 193 Å². The van der Waals surface area contributed by atoms with Gasteiger partial charge >= 0.3 is 0 Å². The van der Waals surface area contributed by atoms with Gasteiger partial charge in [0.2, 0.25) is 0 Å². The molecule has 3 heteroatoms. The first-order valence-electron chi connectivity index (χ1n) is 12.1. The second kappa shape index (κ2) is 9.59. The number of nitrogens with zero attached hydrogens (tertiary/aromatic N) is 1. The number of amides is 1. The van der Waals surface area contributed by atoms with Crippen molar-refractivity contribution in [1.29, 1.82) is 0 Å². The Balaban J connectivity index is 1.61. The Morgan fingerprint density at radius 1 is 0.656 bits per heavy atom. The van der Waals surface area contributed by atoms with Gasteiger partial charge in [0.15, 0.2) is 5.66 Å². The SMILES string of the molecule is O=C1C([P+](c2ccccc2)(c2ccccc2)c2ccccc2)CCN1CC1CCCCC1. The van der Waals surface area contributed by atoms with Gasteiger partial charge in [0.1, 0.15) is 23.2 Å². The van der Waals surface area contributed by atoms with Crippen LogP contribution in [0.5, 0.6) is 0 Å². The van der Waals surface area contributed by atoms with E-state index in [2.05, 4.69) is 95.9 Å². The van der Waals surface area contributed by atoms with Crippen molar-refractivity contribution < 1.29 is 4.79 Å². The predicted molar refractivity (Wildman–Crippen MR) is 137 cm³/mol. The zero-order chi connectivity index (χ0) is 21.8. The molecule has 1 saturated carbocycles. The molecule has 164 valence electrons. The molecule has 1 aliphatic carbocycles. The molecule has 1 aliphatic heterocycles. The second-order valence-electron chi connectivity index (χ2n) is 9.32. The number of carbonyl (C=O) groups excluding carboxylic acids is 1. The number of hydrogen-bond donors (Lipinski definition) is 0. The van der Waals surface area contributed by atoms with E-state index in [4.69, 9.17) is 0 Å². The molecule has 0 N–H and O–H groups in total. The van der Waals surface area contributed by atoms with Crippen LogP contribution in [0.4, 0.5) is 0 Å². The number of rotatable bonds is 6. The van der Waals surface area contributed by atoms with E-state index < -0.39 is 7.26 Å². The van der Waals surface area contributed by atoms with Gasteiger partial charge in [0, 0.05) is 19.5 Å². The molecule has 2 nitrogen and oxygen atoms in total. The minimum Gasteiger partial charge on any atom is -0.339 e. The Bertz CT molecular complexity index is 918. The van der Waals surface area contributed by atoms with E-state index in [0.29, 0.717) is 11.8 Å². The molecule has 1 heterocycles. The van der Waals surface area contributed by atoms with Gasteiger partial charge in [-0.3, -0.25) is 4.79 Å². The second-order valence-corrected chi connectivity index (χ2v) is 12.9. The van der Waals surface area contributed by atoms with Crippen molar-refractivity contribution in [1.82, 2.24) is 4.90 Å². The fourth-order valence-electron chi connectivity index (χ4n) is 5.92. The van der Waals surface area contributed by atoms with Gasteiger partial charge in [-0.05, 0) is 55.2 Å². The number of likely N-dealkylation sites (tertiary alicyclic amines) is 1. The summed E-state index contributed by atoms with van der Waals surface area (Å²) >= 11 is 0. The molecule has 2 fully saturated rings. The first-order valence-corrected chi connectivity index (χ1v) is 14.0. The van der Waals surface area contributed by atoms with Gasteiger partial charge in [-0.25, -0.2) is 0 Å². The van der Waals surface area contributed by atoms with E-state index in [9.17, 15) is 4.79 Å². The molecule has 1 atom stereocenters. The van der Waals surface area contributed by atoms with Gasteiger partial charge in [0.25, 0.3) is 5.91 Å². The quantitative estimate of drug-likeness (QED) is 0.483. The van der Waals surface area contributed by atoms with Crippen molar-refractivity contribution in [3.8, 4) is 0 Å². The van der Waals surface area contributed by atoms with Crippen LogP contribution in [0.3, 0.4) is 0 Å². The highest BCUT2D eigenvalue weighted by Crippen LogP contribution is 2.62. The lowest BCUT2D eigenvalue weighted by Gasteiger charge is -2.32. The lowest BCUT2D eigenvalue weighted by Crippen LogP contribution is -2.43. The van der Waals surface area contributed by atoms with Gasteiger partial charge in [-0.15, -0.1) is 0 Å². The standard InChI is InChI=1S/C29H33NOP/c31-29-28(21-22-30(29)23-24-13-5-1-6-14-24)32(25-15-7-2-8-16-25,26-17-9-3-10-18-26)27-19-11-4-12-20-27/h2-4,7-12,15-20,24,28H,1,5-6,13-14,21-23H2/q+1. The Morgan fingerprint density at radius 2 is 1.12 bits per heavy atom. The average molecular weight is 443 g/mol. The monoisotopic (exact) mass is 442 g/mol. The maximum atomic E-state index is 14.1. The molecule has 2 aliphatic rings.